The highest BCUT2D eigenvalue weighted by atomic mass is 35.5. The predicted molar refractivity (Wildman–Crippen MR) is 62.0 cm³/mol. The van der Waals surface area contributed by atoms with Crippen molar-refractivity contribution in [3.8, 4) is 0 Å². The van der Waals surface area contributed by atoms with Crippen molar-refractivity contribution in [2.24, 2.45) is 11.8 Å². The van der Waals surface area contributed by atoms with Gasteiger partial charge in [0.2, 0.25) is 0 Å². The fraction of sp³-hybridized carbons (Fsp3) is 0.917. The van der Waals surface area contributed by atoms with E-state index < -0.39 is 0 Å². The number of carbonyl (C=O) groups is 1. The first kappa shape index (κ1) is 12.8. The van der Waals surface area contributed by atoms with Gasteiger partial charge < -0.3 is 4.74 Å². The molecule has 0 spiro atoms. The zero-order valence-corrected chi connectivity index (χ0v) is 10.6. The fourth-order valence-electron chi connectivity index (χ4n) is 2.32. The molecule has 1 aliphatic carbocycles. The molecule has 2 nitrogen and oxygen atoms in total. The fourth-order valence-corrected chi connectivity index (χ4v) is 2.38. The molecule has 1 saturated carbocycles. The number of esters is 1. The Morgan fingerprint density at radius 2 is 2.00 bits per heavy atom. The van der Waals surface area contributed by atoms with Crippen molar-refractivity contribution in [3.63, 3.8) is 0 Å². The molecule has 0 aromatic rings. The smallest absolute Gasteiger partial charge is 0.321 e. The van der Waals surface area contributed by atoms with Crippen molar-refractivity contribution in [2.75, 3.05) is 5.88 Å². The quantitative estimate of drug-likeness (QED) is 0.551. The van der Waals surface area contributed by atoms with Crippen molar-refractivity contribution in [2.45, 2.75) is 52.1 Å². The average molecular weight is 233 g/mol. The van der Waals surface area contributed by atoms with E-state index in [4.69, 9.17) is 16.3 Å². The molecule has 0 saturated heterocycles. The Balaban J connectivity index is 2.44. The molecule has 1 fully saturated rings. The Morgan fingerprint density at radius 3 is 2.40 bits per heavy atom. The topological polar surface area (TPSA) is 26.3 Å². The number of halogens is 1. The molecule has 0 amide bonds. The molecular weight excluding hydrogens is 212 g/mol. The standard InChI is InChI=1S/C12H21ClO2/c1-9(2)10-4-6-12(3,7-5-10)15-11(14)8-13/h9-10H,4-8H2,1-3H3. The molecule has 0 aromatic heterocycles. The number of carbonyl (C=O) groups excluding carboxylic acids is 1. The first-order valence-electron chi connectivity index (χ1n) is 5.74. The van der Waals surface area contributed by atoms with Gasteiger partial charge in [-0.15, -0.1) is 11.6 Å². The average Bonchev–Trinajstić information content (AvgIpc) is 2.17. The molecule has 0 atom stereocenters. The third kappa shape index (κ3) is 3.67. The van der Waals surface area contributed by atoms with Crippen LogP contribution in [0.25, 0.3) is 0 Å². The van der Waals surface area contributed by atoms with Crippen LogP contribution >= 0.6 is 11.6 Å². The Labute approximate surface area is 97.3 Å². The second-order valence-corrected chi connectivity index (χ2v) is 5.41. The van der Waals surface area contributed by atoms with E-state index in [1.807, 2.05) is 6.92 Å². The monoisotopic (exact) mass is 232 g/mol. The van der Waals surface area contributed by atoms with Gasteiger partial charge in [-0.25, -0.2) is 0 Å². The summed E-state index contributed by atoms with van der Waals surface area (Å²) in [5.74, 6) is 1.19. The molecule has 3 heteroatoms. The number of hydrogen-bond donors (Lipinski definition) is 0. The van der Waals surface area contributed by atoms with Gasteiger partial charge in [0.15, 0.2) is 0 Å². The van der Waals surface area contributed by atoms with Crippen molar-refractivity contribution in [3.05, 3.63) is 0 Å². The number of rotatable bonds is 3. The minimum atomic E-state index is -0.290. The summed E-state index contributed by atoms with van der Waals surface area (Å²) in [6, 6.07) is 0. The van der Waals surface area contributed by atoms with E-state index in [9.17, 15) is 4.79 Å². The summed E-state index contributed by atoms with van der Waals surface area (Å²) in [6.45, 7) is 6.55. The van der Waals surface area contributed by atoms with Gasteiger partial charge in [0.1, 0.15) is 11.5 Å². The first-order valence-corrected chi connectivity index (χ1v) is 6.28. The lowest BCUT2D eigenvalue weighted by atomic mass is 9.75. The zero-order valence-electron chi connectivity index (χ0n) is 9.88. The summed E-state index contributed by atoms with van der Waals surface area (Å²) in [4.78, 5) is 11.1. The van der Waals surface area contributed by atoms with Gasteiger partial charge >= 0.3 is 5.97 Å². The van der Waals surface area contributed by atoms with Gasteiger partial charge in [-0.1, -0.05) is 13.8 Å². The van der Waals surface area contributed by atoms with Gasteiger partial charge in [0.05, 0.1) is 0 Å². The predicted octanol–water partition coefficient (Wildman–Crippen LogP) is 3.37. The van der Waals surface area contributed by atoms with Crippen molar-refractivity contribution in [1.29, 1.82) is 0 Å². The van der Waals surface area contributed by atoms with Crippen LogP contribution in [-0.4, -0.2) is 17.5 Å². The van der Waals surface area contributed by atoms with Crippen LogP contribution in [-0.2, 0) is 9.53 Å². The van der Waals surface area contributed by atoms with Crippen LogP contribution < -0.4 is 0 Å². The van der Waals surface area contributed by atoms with E-state index in [1.54, 1.807) is 0 Å². The minimum absolute atomic E-state index is 0.0385. The maximum atomic E-state index is 11.1. The highest BCUT2D eigenvalue weighted by molar-refractivity contribution is 6.26. The van der Waals surface area contributed by atoms with E-state index in [-0.39, 0.29) is 17.5 Å². The third-order valence-corrected chi connectivity index (χ3v) is 3.72. The van der Waals surface area contributed by atoms with Gasteiger partial charge in [0.25, 0.3) is 0 Å². The summed E-state index contributed by atoms with van der Waals surface area (Å²) < 4.78 is 5.39. The van der Waals surface area contributed by atoms with Crippen molar-refractivity contribution >= 4 is 17.6 Å². The van der Waals surface area contributed by atoms with Crippen LogP contribution in [0, 0.1) is 11.8 Å². The molecule has 15 heavy (non-hydrogen) atoms. The maximum absolute atomic E-state index is 11.1. The SMILES string of the molecule is CC(C)C1CCC(C)(OC(=O)CCl)CC1. The van der Waals surface area contributed by atoms with Crippen LogP contribution in [0.2, 0.25) is 0 Å². The highest BCUT2D eigenvalue weighted by Gasteiger charge is 2.34. The number of alkyl halides is 1. The van der Waals surface area contributed by atoms with E-state index >= 15 is 0 Å². The number of ether oxygens (including phenoxy) is 1. The maximum Gasteiger partial charge on any atom is 0.321 e. The summed E-state index contributed by atoms with van der Waals surface area (Å²) in [5, 5.41) is 0. The van der Waals surface area contributed by atoms with Gasteiger partial charge in [-0.3, -0.25) is 4.79 Å². The Bertz CT molecular complexity index is 218. The molecule has 0 aliphatic heterocycles. The Hall–Kier alpha value is -0.240. The van der Waals surface area contributed by atoms with Crippen LogP contribution in [0.15, 0.2) is 0 Å². The first-order chi connectivity index (χ1) is 6.97. The van der Waals surface area contributed by atoms with E-state index in [0.29, 0.717) is 0 Å². The molecule has 0 aromatic carbocycles. The number of hydrogen-bond acceptors (Lipinski definition) is 2. The van der Waals surface area contributed by atoms with Gasteiger partial charge in [-0.2, -0.15) is 0 Å². The summed E-state index contributed by atoms with van der Waals surface area (Å²) >= 11 is 5.44. The molecular formula is C12H21ClO2. The minimum Gasteiger partial charge on any atom is -0.458 e. The molecule has 1 rings (SSSR count). The van der Waals surface area contributed by atoms with Gasteiger partial charge in [-0.05, 0) is 44.4 Å². The van der Waals surface area contributed by atoms with Crippen LogP contribution in [0.3, 0.4) is 0 Å². The van der Waals surface area contributed by atoms with Crippen molar-refractivity contribution < 1.29 is 9.53 Å². The van der Waals surface area contributed by atoms with Crippen molar-refractivity contribution in [1.82, 2.24) is 0 Å². The normalized spacial score (nSPS) is 31.7. The highest BCUT2D eigenvalue weighted by Crippen LogP contribution is 2.37. The second-order valence-electron chi connectivity index (χ2n) is 5.14. The molecule has 0 bridgehead atoms. The summed E-state index contributed by atoms with van der Waals surface area (Å²) in [5.41, 5.74) is -0.267. The molecule has 0 radical (unpaired) electrons. The van der Waals surface area contributed by atoms with Gasteiger partial charge in [0, 0.05) is 0 Å². The van der Waals surface area contributed by atoms with E-state index in [1.165, 1.54) is 0 Å². The summed E-state index contributed by atoms with van der Waals surface area (Å²) in [7, 11) is 0. The summed E-state index contributed by atoms with van der Waals surface area (Å²) in [6.07, 6.45) is 4.25. The third-order valence-electron chi connectivity index (χ3n) is 3.50. The second kappa shape index (κ2) is 5.20. The molecule has 88 valence electrons. The lowest BCUT2D eigenvalue weighted by molar-refractivity contribution is -0.159. The van der Waals surface area contributed by atoms with Crippen LogP contribution in [0.4, 0.5) is 0 Å². The van der Waals surface area contributed by atoms with E-state index in [2.05, 4.69) is 13.8 Å². The molecule has 1 aliphatic rings. The zero-order chi connectivity index (χ0) is 11.5. The Kier molecular flexibility index (Phi) is 4.45. The molecule has 0 unspecified atom stereocenters. The molecule has 0 N–H and O–H groups in total. The lowest BCUT2D eigenvalue weighted by Gasteiger charge is -2.38. The molecule has 0 heterocycles. The lowest BCUT2D eigenvalue weighted by Crippen LogP contribution is -2.37. The van der Waals surface area contributed by atoms with Crippen LogP contribution in [0.1, 0.15) is 46.5 Å². The van der Waals surface area contributed by atoms with E-state index in [0.717, 1.165) is 37.5 Å². The van der Waals surface area contributed by atoms with Crippen LogP contribution in [0.5, 0.6) is 0 Å². The largest absolute Gasteiger partial charge is 0.458 e. The Morgan fingerprint density at radius 1 is 1.47 bits per heavy atom.